The van der Waals surface area contributed by atoms with Gasteiger partial charge >= 0.3 is 0 Å². The monoisotopic (exact) mass is 619 g/mol. The van der Waals surface area contributed by atoms with Crippen LogP contribution >= 0.6 is 0 Å². The molecule has 2 fully saturated rings. The van der Waals surface area contributed by atoms with Gasteiger partial charge in [0.2, 0.25) is 18.1 Å². The Hall–Kier alpha value is -2.78. The van der Waals surface area contributed by atoms with E-state index in [1.807, 2.05) is 43.9 Å². The quantitative estimate of drug-likeness (QED) is 0.159. The molecule has 1 amide bonds. The Kier molecular flexibility index (Phi) is 12.4. The highest BCUT2D eigenvalue weighted by Gasteiger charge is 2.45. The zero-order chi connectivity index (χ0) is 31.8. The molecule has 0 radical (unpaired) electrons. The minimum Gasteiger partial charge on any atom is -0.494 e. The molecule has 0 aliphatic carbocycles. The fourth-order valence-corrected chi connectivity index (χ4v) is 5.45. The average Bonchev–Trinajstić information content (AvgIpc) is 3.40. The van der Waals surface area contributed by atoms with Gasteiger partial charge in [-0.25, -0.2) is 0 Å². The van der Waals surface area contributed by atoms with Crippen molar-refractivity contribution in [3.8, 4) is 11.6 Å². The summed E-state index contributed by atoms with van der Waals surface area (Å²) in [6.45, 7) is 11.0. The van der Waals surface area contributed by atoms with Gasteiger partial charge in [0.05, 0.1) is 13.2 Å². The highest BCUT2D eigenvalue weighted by molar-refractivity contribution is 5.76. The van der Waals surface area contributed by atoms with Crippen LogP contribution in [0, 0.1) is 6.92 Å². The Balaban J connectivity index is 1.27. The number of nitrogens with zero attached hydrogens (tertiary/aromatic N) is 3. The molecule has 6 N–H and O–H groups in total. The maximum atomic E-state index is 12.3. The number of hydrogen-bond acceptors (Lipinski definition) is 11. The summed E-state index contributed by atoms with van der Waals surface area (Å²) in [7, 11) is 2.08. The number of aliphatic hydroxyl groups excluding tert-OH is 4. The van der Waals surface area contributed by atoms with Gasteiger partial charge in [0, 0.05) is 56.8 Å². The molecular weight excluding hydrogens is 570 g/mol. The number of aryl methyl sites for hydroxylation is 1. The largest absolute Gasteiger partial charge is 0.494 e. The molecule has 0 unspecified atom stereocenters. The molecule has 0 spiro atoms. The zero-order valence-electron chi connectivity index (χ0n) is 26.2. The molecule has 246 valence electrons. The number of aromatic amines is 1. The number of rotatable bonds is 14. The van der Waals surface area contributed by atoms with Gasteiger partial charge in [0.25, 0.3) is 0 Å². The highest BCUT2D eigenvalue weighted by atomic mass is 16.7. The van der Waals surface area contributed by atoms with Gasteiger partial charge in [0.15, 0.2) is 0 Å². The van der Waals surface area contributed by atoms with Crippen LogP contribution in [0.1, 0.15) is 55.0 Å². The number of carbonyl (C=O) groups excluding carboxylic acids is 1. The van der Waals surface area contributed by atoms with Crippen LogP contribution < -0.4 is 14.8 Å². The fraction of sp³-hybridized carbons (Fsp3) is 0.677. The van der Waals surface area contributed by atoms with Crippen LogP contribution in [0.15, 0.2) is 18.2 Å². The predicted octanol–water partition coefficient (Wildman–Crippen LogP) is 0.134. The van der Waals surface area contributed by atoms with Gasteiger partial charge in [-0.05, 0) is 56.1 Å². The SMILES string of the molecule is Cc1cc(OCCCNCCC(=O)N2CCN(C)CC2)ccc1Cc1c(O[C@@H]2O[C@H](CO)[C@@H](O)[C@H](O)[C@H]2O)n[nH]c1C(C)C. The Bertz CT molecular complexity index is 1200. The molecule has 2 saturated heterocycles. The molecule has 2 aromatic rings. The lowest BCUT2D eigenvalue weighted by Gasteiger charge is -2.39. The molecule has 5 atom stereocenters. The maximum Gasteiger partial charge on any atom is 0.238 e. The van der Waals surface area contributed by atoms with Crippen molar-refractivity contribution in [1.82, 2.24) is 25.3 Å². The number of likely N-dealkylation sites (N-methyl/N-ethyl adjacent to an activating group) is 1. The first-order valence-electron chi connectivity index (χ1n) is 15.5. The second-order valence-electron chi connectivity index (χ2n) is 12.0. The molecule has 2 aliphatic heterocycles. The fourth-order valence-electron chi connectivity index (χ4n) is 5.45. The van der Waals surface area contributed by atoms with Crippen molar-refractivity contribution in [1.29, 1.82) is 0 Å². The number of nitrogens with one attached hydrogen (secondary N) is 2. The van der Waals surface area contributed by atoms with Crippen LogP contribution in [0.3, 0.4) is 0 Å². The molecule has 0 bridgehead atoms. The first-order valence-corrected chi connectivity index (χ1v) is 15.5. The summed E-state index contributed by atoms with van der Waals surface area (Å²) in [5.41, 5.74) is 3.71. The lowest BCUT2D eigenvalue weighted by Crippen LogP contribution is -2.60. The van der Waals surface area contributed by atoms with E-state index >= 15 is 0 Å². The lowest BCUT2D eigenvalue weighted by atomic mass is 9.96. The first kappa shape index (κ1) is 34.1. The van der Waals surface area contributed by atoms with E-state index in [0.717, 1.165) is 67.3 Å². The van der Waals surface area contributed by atoms with Gasteiger partial charge in [-0.1, -0.05) is 19.9 Å². The van der Waals surface area contributed by atoms with E-state index in [9.17, 15) is 25.2 Å². The minimum absolute atomic E-state index is 0.103. The first-order chi connectivity index (χ1) is 21.1. The topological polar surface area (TPSA) is 173 Å². The molecule has 1 aromatic heterocycles. The van der Waals surface area contributed by atoms with Crippen LogP contribution in [0.25, 0.3) is 0 Å². The predicted molar refractivity (Wildman–Crippen MR) is 163 cm³/mol. The molecule has 4 rings (SSSR count). The number of ether oxygens (including phenoxy) is 3. The summed E-state index contributed by atoms with van der Waals surface area (Å²) in [5.74, 6) is 1.30. The van der Waals surface area contributed by atoms with E-state index in [4.69, 9.17) is 14.2 Å². The third-order valence-corrected chi connectivity index (χ3v) is 8.33. The normalized spacial score (nSPS) is 24.6. The summed E-state index contributed by atoms with van der Waals surface area (Å²) in [6, 6.07) is 5.92. The zero-order valence-corrected chi connectivity index (χ0v) is 26.2. The Morgan fingerprint density at radius 3 is 2.57 bits per heavy atom. The Labute approximate surface area is 259 Å². The van der Waals surface area contributed by atoms with Gasteiger partial charge in [-0.15, -0.1) is 5.10 Å². The standard InChI is InChI=1S/C31H49N5O8/c1-19(2)26-23(30(34-33-26)44-31-29(41)28(40)27(39)24(18-37)43-31)17-21-6-7-22(16-20(21)3)42-15-5-9-32-10-8-25(38)36-13-11-35(4)12-14-36/h6-7,16,19,24,27-29,31-32,37,39-41H,5,8-15,17-18H2,1-4H3,(H,33,34)/t24-,27-,28+,29-,31+/m1/s1. The van der Waals surface area contributed by atoms with Crippen molar-refractivity contribution in [2.75, 3.05) is 59.5 Å². The summed E-state index contributed by atoms with van der Waals surface area (Å²) >= 11 is 0. The third-order valence-electron chi connectivity index (χ3n) is 8.33. The van der Waals surface area contributed by atoms with Crippen molar-refractivity contribution >= 4 is 5.91 Å². The van der Waals surface area contributed by atoms with Gasteiger partial charge in [-0.2, -0.15) is 0 Å². The van der Waals surface area contributed by atoms with Crippen molar-refractivity contribution in [2.45, 2.75) is 76.7 Å². The number of aliphatic hydroxyl groups is 4. The number of benzene rings is 1. The highest BCUT2D eigenvalue weighted by Crippen LogP contribution is 2.32. The van der Waals surface area contributed by atoms with Crippen molar-refractivity contribution < 1.29 is 39.4 Å². The van der Waals surface area contributed by atoms with Crippen LogP contribution in [0.2, 0.25) is 0 Å². The number of H-pyrrole nitrogens is 1. The lowest BCUT2D eigenvalue weighted by molar-refractivity contribution is -0.278. The summed E-state index contributed by atoms with van der Waals surface area (Å²) < 4.78 is 17.4. The number of amides is 1. The second kappa shape index (κ2) is 16.0. The van der Waals surface area contributed by atoms with Crippen LogP contribution in [0.5, 0.6) is 11.6 Å². The van der Waals surface area contributed by atoms with Crippen LogP contribution in [0.4, 0.5) is 0 Å². The molecular formula is C31H49N5O8. The number of hydrogen-bond donors (Lipinski definition) is 6. The molecule has 0 saturated carbocycles. The van der Waals surface area contributed by atoms with Crippen molar-refractivity contribution in [3.05, 3.63) is 40.6 Å². The number of carbonyl (C=O) groups is 1. The molecule has 3 heterocycles. The Morgan fingerprint density at radius 2 is 1.89 bits per heavy atom. The minimum atomic E-state index is -1.54. The van der Waals surface area contributed by atoms with E-state index in [1.54, 1.807) is 0 Å². The van der Waals surface area contributed by atoms with E-state index in [0.29, 0.717) is 26.0 Å². The van der Waals surface area contributed by atoms with Gasteiger partial charge < -0.3 is 49.8 Å². The Morgan fingerprint density at radius 1 is 1.14 bits per heavy atom. The van der Waals surface area contributed by atoms with Crippen molar-refractivity contribution in [3.63, 3.8) is 0 Å². The van der Waals surface area contributed by atoms with Crippen LogP contribution in [-0.4, -0.2) is 137 Å². The summed E-state index contributed by atoms with van der Waals surface area (Å²) in [4.78, 5) is 16.5. The van der Waals surface area contributed by atoms with Gasteiger partial charge in [-0.3, -0.25) is 9.89 Å². The second-order valence-corrected chi connectivity index (χ2v) is 12.0. The molecule has 13 nitrogen and oxygen atoms in total. The summed E-state index contributed by atoms with van der Waals surface area (Å²) in [6.07, 6.45) is -5.13. The third kappa shape index (κ3) is 8.68. The van der Waals surface area contributed by atoms with Crippen LogP contribution in [-0.2, 0) is 16.0 Å². The number of aromatic nitrogens is 2. The number of piperazine rings is 1. The molecule has 13 heteroatoms. The average molecular weight is 620 g/mol. The van der Waals surface area contributed by atoms with E-state index in [1.165, 1.54) is 0 Å². The summed E-state index contributed by atoms with van der Waals surface area (Å²) in [5, 5.41) is 50.9. The smallest absolute Gasteiger partial charge is 0.238 e. The maximum absolute atomic E-state index is 12.3. The van der Waals surface area contributed by atoms with Gasteiger partial charge in [0.1, 0.15) is 30.2 Å². The molecule has 44 heavy (non-hydrogen) atoms. The van der Waals surface area contributed by atoms with E-state index in [-0.39, 0.29) is 17.7 Å². The molecule has 1 aromatic carbocycles. The van der Waals surface area contributed by atoms with Crippen molar-refractivity contribution in [2.24, 2.45) is 0 Å². The van der Waals surface area contributed by atoms with E-state index < -0.39 is 37.3 Å². The van der Waals surface area contributed by atoms with E-state index in [2.05, 4.69) is 27.5 Å². The molecule has 2 aliphatic rings.